The fourth-order valence-electron chi connectivity index (χ4n) is 2.04. The average Bonchev–Trinajstić information content (AvgIpc) is 2.36. The molecule has 0 saturated carbocycles. The summed E-state index contributed by atoms with van der Waals surface area (Å²) in [4.78, 5) is 10.2. The molecule has 0 aromatic rings. The van der Waals surface area contributed by atoms with Crippen LogP contribution in [0.3, 0.4) is 0 Å². The molecule has 0 aromatic heterocycles. The van der Waals surface area contributed by atoms with Crippen LogP contribution >= 0.6 is 0 Å². The van der Waals surface area contributed by atoms with Crippen molar-refractivity contribution in [2.75, 3.05) is 6.54 Å². The summed E-state index contributed by atoms with van der Waals surface area (Å²) in [5.41, 5.74) is 6.49. The summed E-state index contributed by atoms with van der Waals surface area (Å²) in [6, 6.07) is 0. The van der Waals surface area contributed by atoms with Gasteiger partial charge in [0, 0.05) is 0 Å². The largest absolute Gasteiger partial charge is 0.330 e. The topological polar surface area (TPSA) is 43.1 Å². The molecule has 0 aliphatic rings. The van der Waals surface area contributed by atoms with Gasteiger partial charge in [-0.05, 0) is 39.8 Å². The van der Waals surface area contributed by atoms with Crippen LogP contribution in [0.5, 0.6) is 0 Å². The Labute approximate surface area is 127 Å². The molecule has 0 heterocycles. The summed E-state index contributed by atoms with van der Waals surface area (Å²) in [6.07, 6.45) is 15.5. The Kier molecular flexibility index (Phi) is 19.9. The Morgan fingerprint density at radius 3 is 1.45 bits per heavy atom. The van der Waals surface area contributed by atoms with Gasteiger partial charge in [-0.15, -0.1) is 0 Å². The van der Waals surface area contributed by atoms with Crippen LogP contribution in [0.4, 0.5) is 0 Å². The van der Waals surface area contributed by atoms with Gasteiger partial charge < -0.3 is 5.73 Å². The Morgan fingerprint density at radius 2 is 1.20 bits per heavy atom. The van der Waals surface area contributed by atoms with Gasteiger partial charge in [0.25, 0.3) is 0 Å². The number of hydrogen-bond acceptors (Lipinski definition) is 2. The minimum atomic E-state index is 0.125. The average molecular weight is 283 g/mol. The third-order valence-corrected chi connectivity index (χ3v) is 3.05. The number of ketones is 1. The van der Waals surface area contributed by atoms with Gasteiger partial charge in [-0.2, -0.15) is 0 Å². The normalized spacial score (nSPS) is 9.65. The van der Waals surface area contributed by atoms with Crippen LogP contribution in [0, 0.1) is 0 Å². The molecule has 0 bridgehead atoms. The van der Waals surface area contributed by atoms with E-state index in [4.69, 9.17) is 5.73 Å². The van der Waals surface area contributed by atoms with Crippen molar-refractivity contribution in [3.63, 3.8) is 0 Å². The molecule has 2 N–H and O–H groups in total. The minimum Gasteiger partial charge on any atom is -0.330 e. The first kappa shape index (κ1) is 21.7. The fraction of sp³-hybridized carbons (Fsp3) is 0.833. The van der Waals surface area contributed by atoms with Gasteiger partial charge in [0.15, 0.2) is 5.78 Å². The number of carbonyl (C=O) groups is 1. The molecule has 0 atom stereocenters. The van der Waals surface area contributed by atoms with Crippen LogP contribution in [0.25, 0.3) is 0 Å². The quantitative estimate of drug-likeness (QED) is 0.407. The van der Waals surface area contributed by atoms with Crippen molar-refractivity contribution >= 4 is 5.78 Å². The van der Waals surface area contributed by atoms with E-state index in [9.17, 15) is 4.79 Å². The number of hydrogen-bond donors (Lipinski definition) is 1. The molecule has 20 heavy (non-hydrogen) atoms. The zero-order valence-corrected chi connectivity index (χ0v) is 14.3. The minimum absolute atomic E-state index is 0.125. The maximum Gasteiger partial charge on any atom is 0.152 e. The number of carbonyl (C=O) groups excluding carboxylic acids is 1. The first-order valence-corrected chi connectivity index (χ1v) is 8.40. The highest BCUT2D eigenvalue weighted by atomic mass is 16.1. The molecule has 0 spiro atoms. The molecule has 0 fully saturated rings. The van der Waals surface area contributed by atoms with E-state index < -0.39 is 0 Å². The molecule has 0 amide bonds. The van der Waals surface area contributed by atoms with E-state index >= 15 is 0 Å². The van der Waals surface area contributed by atoms with Crippen molar-refractivity contribution in [3.05, 3.63) is 11.6 Å². The van der Waals surface area contributed by atoms with Crippen molar-refractivity contribution in [3.8, 4) is 0 Å². The van der Waals surface area contributed by atoms with E-state index in [0.29, 0.717) is 0 Å². The molecular weight excluding hydrogens is 246 g/mol. The number of allylic oxidation sites excluding steroid dienone is 2. The zero-order valence-electron chi connectivity index (χ0n) is 14.3. The highest BCUT2D eigenvalue weighted by molar-refractivity contribution is 5.87. The lowest BCUT2D eigenvalue weighted by atomic mass is 10.1. The number of rotatable bonds is 11. The summed E-state index contributed by atoms with van der Waals surface area (Å²) in [7, 11) is 0. The maximum atomic E-state index is 10.2. The summed E-state index contributed by atoms with van der Waals surface area (Å²) < 4.78 is 0. The lowest BCUT2D eigenvalue weighted by Crippen LogP contribution is -1.97. The van der Waals surface area contributed by atoms with E-state index in [-0.39, 0.29) is 5.78 Å². The van der Waals surface area contributed by atoms with Crippen molar-refractivity contribution in [1.82, 2.24) is 0 Å². The van der Waals surface area contributed by atoms with Crippen molar-refractivity contribution in [2.24, 2.45) is 5.73 Å². The summed E-state index contributed by atoms with van der Waals surface area (Å²) >= 11 is 0. The summed E-state index contributed by atoms with van der Waals surface area (Å²) in [5, 5.41) is 0. The first-order valence-electron chi connectivity index (χ1n) is 8.40. The monoisotopic (exact) mass is 283 g/mol. The van der Waals surface area contributed by atoms with Crippen LogP contribution < -0.4 is 5.73 Å². The second-order valence-electron chi connectivity index (χ2n) is 5.80. The highest BCUT2D eigenvalue weighted by Crippen LogP contribution is 2.09. The fourth-order valence-corrected chi connectivity index (χ4v) is 2.04. The van der Waals surface area contributed by atoms with Crippen LogP contribution in [0.15, 0.2) is 11.6 Å². The number of nitrogens with two attached hydrogens (primary N) is 1. The van der Waals surface area contributed by atoms with Gasteiger partial charge in [-0.25, -0.2) is 0 Å². The molecule has 120 valence electrons. The van der Waals surface area contributed by atoms with E-state index in [1.54, 1.807) is 13.0 Å². The second kappa shape index (κ2) is 18.4. The zero-order chi connectivity index (χ0) is 15.6. The molecule has 0 rings (SSSR count). The molecule has 0 radical (unpaired) electrons. The van der Waals surface area contributed by atoms with Gasteiger partial charge in [0.05, 0.1) is 0 Å². The molecule has 0 saturated heterocycles. The highest BCUT2D eigenvalue weighted by Gasteiger charge is 1.91. The molecule has 0 aromatic carbocycles. The van der Waals surface area contributed by atoms with Gasteiger partial charge in [-0.3, -0.25) is 4.79 Å². The van der Waals surface area contributed by atoms with Crippen LogP contribution in [0.1, 0.15) is 91.9 Å². The standard InChI is InChI=1S/C12H27N.C6H10O/c1-2-3-4-5-6-7-8-9-10-11-12-13;1-5(2)4-6(3)7/h2-13H2,1H3;4H,1-3H3. The third kappa shape index (κ3) is 26.0. The second-order valence-corrected chi connectivity index (χ2v) is 5.80. The Morgan fingerprint density at radius 1 is 0.800 bits per heavy atom. The van der Waals surface area contributed by atoms with Gasteiger partial charge >= 0.3 is 0 Å². The van der Waals surface area contributed by atoms with Crippen LogP contribution in [-0.2, 0) is 4.79 Å². The Balaban J connectivity index is 0. The SMILES string of the molecule is CC(=O)C=C(C)C.CCCCCCCCCCCCN. The van der Waals surface area contributed by atoms with Gasteiger partial charge in [0.1, 0.15) is 0 Å². The maximum absolute atomic E-state index is 10.2. The van der Waals surface area contributed by atoms with Crippen LogP contribution in [-0.4, -0.2) is 12.3 Å². The van der Waals surface area contributed by atoms with E-state index in [2.05, 4.69) is 6.92 Å². The Hall–Kier alpha value is -0.630. The lowest BCUT2D eigenvalue weighted by Gasteiger charge is -2.00. The predicted octanol–water partition coefficient (Wildman–Crippen LogP) is 5.41. The molecule has 2 nitrogen and oxygen atoms in total. The summed E-state index contributed by atoms with van der Waals surface area (Å²) in [6.45, 7) is 8.50. The lowest BCUT2D eigenvalue weighted by molar-refractivity contribution is -0.112. The third-order valence-electron chi connectivity index (χ3n) is 3.05. The van der Waals surface area contributed by atoms with E-state index in [1.807, 2.05) is 13.8 Å². The first-order chi connectivity index (χ1) is 9.54. The molecule has 0 unspecified atom stereocenters. The predicted molar refractivity (Wildman–Crippen MR) is 91.0 cm³/mol. The molecule has 0 aliphatic heterocycles. The molecular formula is C18H37NO. The molecule has 0 aliphatic carbocycles. The number of unbranched alkanes of at least 4 members (excludes halogenated alkanes) is 9. The molecule has 2 heteroatoms. The van der Waals surface area contributed by atoms with E-state index in [0.717, 1.165) is 12.1 Å². The Bertz CT molecular complexity index is 220. The van der Waals surface area contributed by atoms with Crippen molar-refractivity contribution in [2.45, 2.75) is 91.9 Å². The van der Waals surface area contributed by atoms with Crippen LogP contribution in [0.2, 0.25) is 0 Å². The van der Waals surface area contributed by atoms with E-state index in [1.165, 1.54) is 64.2 Å². The van der Waals surface area contributed by atoms with Gasteiger partial charge in [-0.1, -0.05) is 70.3 Å². The summed E-state index contributed by atoms with van der Waals surface area (Å²) in [5.74, 6) is 0.125. The smallest absolute Gasteiger partial charge is 0.152 e. The van der Waals surface area contributed by atoms with Gasteiger partial charge in [0.2, 0.25) is 0 Å². The van der Waals surface area contributed by atoms with Crippen molar-refractivity contribution in [1.29, 1.82) is 0 Å². The van der Waals surface area contributed by atoms with Crippen molar-refractivity contribution < 1.29 is 4.79 Å².